The SMILES string of the molecule is CCOC(=O)Cn1ccnc1C1C=CC=CC1. The van der Waals surface area contributed by atoms with Gasteiger partial charge in [-0.3, -0.25) is 4.79 Å². The maximum atomic E-state index is 11.4. The molecule has 4 heteroatoms. The first-order valence-electron chi connectivity index (χ1n) is 5.81. The molecule has 0 saturated heterocycles. The van der Waals surface area contributed by atoms with Gasteiger partial charge in [0.05, 0.1) is 6.61 Å². The van der Waals surface area contributed by atoms with Crippen LogP contribution in [0.2, 0.25) is 0 Å². The van der Waals surface area contributed by atoms with E-state index in [-0.39, 0.29) is 18.4 Å². The molecule has 1 heterocycles. The first-order chi connectivity index (χ1) is 8.31. The minimum absolute atomic E-state index is 0.220. The van der Waals surface area contributed by atoms with Crippen molar-refractivity contribution in [3.8, 4) is 0 Å². The number of esters is 1. The van der Waals surface area contributed by atoms with Crippen LogP contribution in [-0.2, 0) is 16.1 Å². The van der Waals surface area contributed by atoms with Gasteiger partial charge >= 0.3 is 5.97 Å². The van der Waals surface area contributed by atoms with Crippen molar-refractivity contribution in [2.75, 3.05) is 6.61 Å². The second-order valence-corrected chi connectivity index (χ2v) is 3.87. The Labute approximate surface area is 101 Å². The number of allylic oxidation sites excluding steroid dienone is 4. The molecule has 0 aromatic carbocycles. The van der Waals surface area contributed by atoms with Crippen LogP contribution in [0.15, 0.2) is 36.7 Å². The lowest BCUT2D eigenvalue weighted by Crippen LogP contribution is -2.16. The van der Waals surface area contributed by atoms with Crippen molar-refractivity contribution < 1.29 is 9.53 Å². The Morgan fingerprint density at radius 2 is 2.47 bits per heavy atom. The molecule has 0 spiro atoms. The molecule has 2 rings (SSSR count). The van der Waals surface area contributed by atoms with Crippen LogP contribution in [0.5, 0.6) is 0 Å². The highest BCUT2D eigenvalue weighted by atomic mass is 16.5. The van der Waals surface area contributed by atoms with E-state index in [1.165, 1.54) is 0 Å². The summed E-state index contributed by atoms with van der Waals surface area (Å²) in [4.78, 5) is 15.8. The molecule has 0 amide bonds. The topological polar surface area (TPSA) is 44.1 Å². The maximum absolute atomic E-state index is 11.4. The van der Waals surface area contributed by atoms with E-state index in [0.29, 0.717) is 6.61 Å². The molecule has 1 unspecified atom stereocenters. The molecule has 4 nitrogen and oxygen atoms in total. The van der Waals surface area contributed by atoms with Gasteiger partial charge in [-0.05, 0) is 13.3 Å². The third-order valence-electron chi connectivity index (χ3n) is 2.66. The Bertz CT molecular complexity index is 446. The Morgan fingerprint density at radius 3 is 3.18 bits per heavy atom. The number of hydrogen-bond acceptors (Lipinski definition) is 3. The van der Waals surface area contributed by atoms with Gasteiger partial charge in [0.2, 0.25) is 0 Å². The van der Waals surface area contributed by atoms with Gasteiger partial charge in [-0.2, -0.15) is 0 Å². The second-order valence-electron chi connectivity index (χ2n) is 3.87. The number of rotatable bonds is 4. The van der Waals surface area contributed by atoms with Crippen molar-refractivity contribution >= 4 is 5.97 Å². The molecular formula is C13H16N2O2. The van der Waals surface area contributed by atoms with E-state index < -0.39 is 0 Å². The molecule has 1 aromatic rings. The predicted octanol–water partition coefficient (Wildman–Crippen LogP) is 2.05. The van der Waals surface area contributed by atoms with Gasteiger partial charge in [-0.1, -0.05) is 24.3 Å². The first-order valence-corrected chi connectivity index (χ1v) is 5.81. The molecule has 1 aromatic heterocycles. The zero-order chi connectivity index (χ0) is 12.1. The van der Waals surface area contributed by atoms with Gasteiger partial charge in [0, 0.05) is 18.3 Å². The summed E-state index contributed by atoms with van der Waals surface area (Å²) in [7, 11) is 0. The molecule has 17 heavy (non-hydrogen) atoms. The number of aromatic nitrogens is 2. The Hall–Kier alpha value is -1.84. The minimum Gasteiger partial charge on any atom is -0.465 e. The Kier molecular flexibility index (Phi) is 3.75. The number of imidazole rings is 1. The summed E-state index contributed by atoms with van der Waals surface area (Å²) in [5.41, 5.74) is 0. The van der Waals surface area contributed by atoms with E-state index in [9.17, 15) is 4.79 Å². The third kappa shape index (κ3) is 2.84. The molecule has 1 atom stereocenters. The van der Waals surface area contributed by atoms with Gasteiger partial charge < -0.3 is 9.30 Å². The normalized spacial score (nSPS) is 18.3. The average Bonchev–Trinajstić information content (AvgIpc) is 2.78. The molecule has 0 aliphatic heterocycles. The zero-order valence-electron chi connectivity index (χ0n) is 9.87. The lowest BCUT2D eigenvalue weighted by molar-refractivity contribution is -0.143. The van der Waals surface area contributed by atoms with Gasteiger partial charge in [0.1, 0.15) is 12.4 Å². The predicted molar refractivity (Wildman–Crippen MR) is 64.5 cm³/mol. The lowest BCUT2D eigenvalue weighted by atomic mass is 10.0. The smallest absolute Gasteiger partial charge is 0.325 e. The molecule has 0 bridgehead atoms. The highest BCUT2D eigenvalue weighted by molar-refractivity contribution is 5.69. The van der Waals surface area contributed by atoms with Crippen molar-refractivity contribution in [2.45, 2.75) is 25.8 Å². The van der Waals surface area contributed by atoms with Crippen LogP contribution in [0, 0.1) is 0 Å². The van der Waals surface area contributed by atoms with Crippen LogP contribution < -0.4 is 0 Å². The van der Waals surface area contributed by atoms with Gasteiger partial charge in [-0.15, -0.1) is 0 Å². The van der Waals surface area contributed by atoms with Crippen LogP contribution in [0.4, 0.5) is 0 Å². The van der Waals surface area contributed by atoms with Crippen LogP contribution in [0.1, 0.15) is 25.1 Å². The average molecular weight is 232 g/mol. The largest absolute Gasteiger partial charge is 0.465 e. The number of ether oxygens (including phenoxy) is 1. The van der Waals surface area contributed by atoms with Crippen LogP contribution in [0.25, 0.3) is 0 Å². The van der Waals surface area contributed by atoms with Crippen LogP contribution in [-0.4, -0.2) is 22.1 Å². The summed E-state index contributed by atoms with van der Waals surface area (Å²) >= 11 is 0. The van der Waals surface area contributed by atoms with Gasteiger partial charge in [0.25, 0.3) is 0 Å². The zero-order valence-corrected chi connectivity index (χ0v) is 9.87. The number of nitrogens with zero attached hydrogens (tertiary/aromatic N) is 2. The molecule has 0 fully saturated rings. The molecule has 0 N–H and O–H groups in total. The third-order valence-corrected chi connectivity index (χ3v) is 2.66. The fourth-order valence-corrected chi connectivity index (χ4v) is 1.90. The monoisotopic (exact) mass is 232 g/mol. The summed E-state index contributed by atoms with van der Waals surface area (Å²) < 4.78 is 6.79. The van der Waals surface area contributed by atoms with E-state index in [4.69, 9.17) is 4.74 Å². The van der Waals surface area contributed by atoms with Gasteiger partial charge in [-0.25, -0.2) is 4.98 Å². The second kappa shape index (κ2) is 5.48. The van der Waals surface area contributed by atoms with E-state index >= 15 is 0 Å². The summed E-state index contributed by atoms with van der Waals surface area (Å²) in [6, 6.07) is 0. The molecule has 90 valence electrons. The number of carbonyl (C=O) groups excluding carboxylic acids is 1. The standard InChI is InChI=1S/C13H16N2O2/c1-2-17-12(16)10-15-9-8-14-13(15)11-6-4-3-5-7-11/h3-6,8-9,11H,2,7,10H2,1H3. The highest BCUT2D eigenvalue weighted by Crippen LogP contribution is 2.22. The van der Waals surface area contributed by atoms with E-state index in [0.717, 1.165) is 12.2 Å². The molecule has 1 aliphatic carbocycles. The van der Waals surface area contributed by atoms with E-state index in [2.05, 4.69) is 17.1 Å². The summed E-state index contributed by atoms with van der Waals surface area (Å²) in [6.07, 6.45) is 12.7. The van der Waals surface area contributed by atoms with E-state index in [1.807, 2.05) is 22.9 Å². The first kappa shape index (κ1) is 11.6. The van der Waals surface area contributed by atoms with Crippen molar-refractivity contribution in [3.05, 3.63) is 42.5 Å². The Balaban J connectivity index is 2.08. The lowest BCUT2D eigenvalue weighted by Gasteiger charge is -2.14. The van der Waals surface area contributed by atoms with Crippen molar-refractivity contribution in [1.82, 2.24) is 9.55 Å². The molecular weight excluding hydrogens is 216 g/mol. The summed E-state index contributed by atoms with van der Waals surface area (Å²) in [5, 5.41) is 0. The number of hydrogen-bond donors (Lipinski definition) is 0. The Morgan fingerprint density at radius 1 is 1.59 bits per heavy atom. The quantitative estimate of drug-likeness (QED) is 0.746. The van der Waals surface area contributed by atoms with Crippen molar-refractivity contribution in [2.24, 2.45) is 0 Å². The van der Waals surface area contributed by atoms with Crippen LogP contribution >= 0.6 is 0 Å². The molecule has 0 radical (unpaired) electrons. The summed E-state index contributed by atoms with van der Waals surface area (Å²) in [6.45, 7) is 2.45. The fourth-order valence-electron chi connectivity index (χ4n) is 1.90. The van der Waals surface area contributed by atoms with Crippen LogP contribution in [0.3, 0.4) is 0 Å². The number of carbonyl (C=O) groups is 1. The van der Waals surface area contributed by atoms with Crippen molar-refractivity contribution in [1.29, 1.82) is 0 Å². The maximum Gasteiger partial charge on any atom is 0.325 e. The molecule has 0 saturated carbocycles. The van der Waals surface area contributed by atoms with E-state index in [1.54, 1.807) is 13.1 Å². The summed E-state index contributed by atoms with van der Waals surface area (Å²) in [5.74, 6) is 0.949. The highest BCUT2D eigenvalue weighted by Gasteiger charge is 2.16. The van der Waals surface area contributed by atoms with Gasteiger partial charge in [0.15, 0.2) is 0 Å². The fraction of sp³-hybridized carbons (Fsp3) is 0.385. The molecule has 1 aliphatic rings. The minimum atomic E-state index is -0.220. The van der Waals surface area contributed by atoms with Crippen molar-refractivity contribution in [3.63, 3.8) is 0 Å².